The van der Waals surface area contributed by atoms with Crippen LogP contribution >= 0.6 is 23.1 Å². The van der Waals surface area contributed by atoms with Gasteiger partial charge in [0, 0.05) is 16.5 Å². The molecule has 2 aromatic heterocycles. The van der Waals surface area contributed by atoms with Crippen molar-refractivity contribution in [3.63, 3.8) is 0 Å². The summed E-state index contributed by atoms with van der Waals surface area (Å²) >= 11 is 2.82. The van der Waals surface area contributed by atoms with E-state index < -0.39 is 0 Å². The Morgan fingerprint density at radius 2 is 2.10 bits per heavy atom. The molecule has 1 aromatic carbocycles. The molecule has 3 aromatic rings. The summed E-state index contributed by atoms with van der Waals surface area (Å²) in [6.07, 6.45) is 5.29. The lowest BCUT2D eigenvalue weighted by Gasteiger charge is -2.28. The number of fused-ring (bicyclic) bond motifs is 3. The molecule has 5 nitrogen and oxygen atoms in total. The van der Waals surface area contributed by atoms with E-state index in [1.807, 2.05) is 37.3 Å². The number of rotatable bonds is 6. The molecule has 2 heterocycles. The number of H-pyrrole nitrogens is 1. The Morgan fingerprint density at radius 3 is 2.81 bits per heavy atom. The van der Waals surface area contributed by atoms with Crippen LogP contribution in [-0.4, -0.2) is 27.7 Å². The number of hydrogen-bond donors (Lipinski definition) is 2. The van der Waals surface area contributed by atoms with Gasteiger partial charge in [-0.05, 0) is 56.4 Å². The zero-order valence-corrected chi connectivity index (χ0v) is 19.4. The first kappa shape index (κ1) is 20.8. The van der Waals surface area contributed by atoms with Gasteiger partial charge in [-0.15, -0.1) is 11.3 Å². The van der Waals surface area contributed by atoms with Crippen LogP contribution in [0, 0.1) is 24.7 Å². The number of nitrogens with one attached hydrogen (secondary N) is 2. The lowest BCUT2D eigenvalue weighted by Crippen LogP contribution is -2.40. The van der Waals surface area contributed by atoms with Gasteiger partial charge in [-0.3, -0.25) is 9.59 Å². The maximum Gasteiger partial charge on any atom is 0.260 e. The van der Waals surface area contributed by atoms with E-state index in [9.17, 15) is 9.59 Å². The van der Waals surface area contributed by atoms with E-state index >= 15 is 0 Å². The van der Waals surface area contributed by atoms with Crippen molar-refractivity contribution in [1.29, 1.82) is 0 Å². The Morgan fingerprint density at radius 1 is 1.29 bits per heavy atom. The third-order valence-corrected chi connectivity index (χ3v) is 8.81. The largest absolute Gasteiger partial charge is 0.353 e. The zero-order valence-electron chi connectivity index (χ0n) is 17.8. The first-order chi connectivity index (χ1) is 15.0. The van der Waals surface area contributed by atoms with E-state index in [1.165, 1.54) is 48.8 Å². The molecule has 2 aliphatic carbocycles. The van der Waals surface area contributed by atoms with Crippen LogP contribution in [0.15, 0.2) is 40.3 Å². The third-order valence-electron chi connectivity index (χ3n) is 6.94. The van der Waals surface area contributed by atoms with Crippen molar-refractivity contribution in [2.45, 2.75) is 50.7 Å². The highest BCUT2D eigenvalue weighted by atomic mass is 32.2. The lowest BCUT2D eigenvalue weighted by atomic mass is 9.84. The highest BCUT2D eigenvalue weighted by Gasteiger charge is 2.42. The molecule has 0 saturated heterocycles. The summed E-state index contributed by atoms with van der Waals surface area (Å²) in [6.45, 7) is 4.16. The number of thiophene rings is 1. The van der Waals surface area contributed by atoms with Crippen LogP contribution in [0.1, 0.15) is 37.5 Å². The Balaban J connectivity index is 1.28. The number of carbonyl (C=O) groups excluding carboxylic acids is 1. The van der Waals surface area contributed by atoms with Crippen LogP contribution in [0.3, 0.4) is 0 Å². The number of carbonyl (C=O) groups is 1. The first-order valence-corrected chi connectivity index (χ1v) is 12.8. The summed E-state index contributed by atoms with van der Waals surface area (Å²) in [5.41, 5.74) is 1.82. The Hall–Kier alpha value is -2.12. The average Bonchev–Trinajstić information content (AvgIpc) is 3.47. The van der Waals surface area contributed by atoms with E-state index in [2.05, 4.69) is 22.2 Å². The average molecular weight is 454 g/mol. The zero-order chi connectivity index (χ0) is 21.5. The molecule has 0 aliphatic heterocycles. The molecule has 2 saturated carbocycles. The van der Waals surface area contributed by atoms with Gasteiger partial charge < -0.3 is 10.3 Å². The molecule has 31 heavy (non-hydrogen) atoms. The number of amides is 1. The Bertz CT molecular complexity index is 1170. The lowest BCUT2D eigenvalue weighted by molar-refractivity contribution is -0.119. The molecule has 0 spiro atoms. The molecule has 7 heteroatoms. The first-order valence-electron chi connectivity index (χ1n) is 11.0. The fraction of sp³-hybridized carbons (Fsp3) is 0.458. The van der Waals surface area contributed by atoms with Crippen molar-refractivity contribution in [3.05, 3.63) is 45.6 Å². The highest BCUT2D eigenvalue weighted by molar-refractivity contribution is 7.99. The van der Waals surface area contributed by atoms with Crippen molar-refractivity contribution in [2.75, 3.05) is 5.75 Å². The predicted octanol–water partition coefficient (Wildman–Crippen LogP) is 4.99. The molecule has 5 rings (SSSR count). The van der Waals surface area contributed by atoms with Crippen LogP contribution in [-0.2, 0) is 4.79 Å². The standard InChI is InChI=1S/C24H27N3O2S2/c1-13(18-11-15-8-9-17(18)10-15)25-19(28)12-30-24-26-22(29)21-20(14(2)31-23(21)27-24)16-6-4-3-5-7-16/h3-7,13,15,17-18H,8-12H2,1-2H3,(H,25,28)(H,26,27,29). The molecule has 2 fully saturated rings. The van der Waals surface area contributed by atoms with E-state index in [0.717, 1.165) is 32.7 Å². The molecule has 4 unspecified atom stereocenters. The summed E-state index contributed by atoms with van der Waals surface area (Å²) < 4.78 is 0. The minimum Gasteiger partial charge on any atom is -0.353 e. The second-order valence-corrected chi connectivity index (χ2v) is 11.1. The van der Waals surface area contributed by atoms with Crippen molar-refractivity contribution in [3.8, 4) is 11.1 Å². The quantitative estimate of drug-likeness (QED) is 0.407. The van der Waals surface area contributed by atoms with Gasteiger partial charge in [-0.2, -0.15) is 0 Å². The second-order valence-electron chi connectivity index (χ2n) is 8.93. The summed E-state index contributed by atoms with van der Waals surface area (Å²) in [7, 11) is 0. The molecule has 1 amide bonds. The topological polar surface area (TPSA) is 74.8 Å². The minimum absolute atomic E-state index is 0.00959. The smallest absolute Gasteiger partial charge is 0.260 e. The van der Waals surface area contributed by atoms with Crippen molar-refractivity contribution in [1.82, 2.24) is 15.3 Å². The molecule has 0 radical (unpaired) electrons. The number of aromatic amines is 1. The number of aryl methyl sites for hydroxylation is 1. The van der Waals surface area contributed by atoms with Gasteiger partial charge >= 0.3 is 0 Å². The molecular weight excluding hydrogens is 426 g/mol. The van der Waals surface area contributed by atoms with E-state index in [-0.39, 0.29) is 23.3 Å². The van der Waals surface area contributed by atoms with Gasteiger partial charge in [0.15, 0.2) is 5.16 Å². The number of hydrogen-bond acceptors (Lipinski definition) is 5. The van der Waals surface area contributed by atoms with Crippen molar-refractivity contribution >= 4 is 39.2 Å². The molecule has 2 aliphatic rings. The minimum atomic E-state index is -0.147. The molecule has 4 atom stereocenters. The van der Waals surface area contributed by atoms with E-state index in [1.54, 1.807) is 0 Å². The highest BCUT2D eigenvalue weighted by Crippen LogP contribution is 2.49. The number of thioether (sulfide) groups is 1. The summed E-state index contributed by atoms with van der Waals surface area (Å²) in [5, 5.41) is 4.32. The fourth-order valence-corrected chi connectivity index (χ4v) is 7.34. The number of nitrogens with zero attached hydrogens (tertiary/aromatic N) is 1. The fourth-order valence-electron chi connectivity index (χ4n) is 5.56. The van der Waals surface area contributed by atoms with Crippen LogP contribution < -0.4 is 10.9 Å². The van der Waals surface area contributed by atoms with Gasteiger partial charge in [0.05, 0.1) is 11.1 Å². The third kappa shape index (κ3) is 4.05. The predicted molar refractivity (Wildman–Crippen MR) is 128 cm³/mol. The number of benzene rings is 1. The van der Waals surface area contributed by atoms with Crippen LogP contribution in [0.25, 0.3) is 21.3 Å². The van der Waals surface area contributed by atoms with Gasteiger partial charge in [-0.25, -0.2) is 4.98 Å². The summed E-state index contributed by atoms with van der Waals surface area (Å²) in [4.78, 5) is 34.7. The number of aromatic nitrogens is 2. The Kier molecular flexibility index (Phi) is 5.65. The van der Waals surface area contributed by atoms with Crippen molar-refractivity contribution < 1.29 is 4.79 Å². The molecule has 2 N–H and O–H groups in total. The maximum absolute atomic E-state index is 12.9. The van der Waals surface area contributed by atoms with E-state index in [4.69, 9.17) is 0 Å². The monoisotopic (exact) mass is 453 g/mol. The van der Waals surface area contributed by atoms with E-state index in [0.29, 0.717) is 16.5 Å². The SMILES string of the molecule is Cc1sc2nc(SCC(=O)NC(C)C3CC4CCC3C4)[nH]c(=O)c2c1-c1ccccc1. The molecule has 162 valence electrons. The normalized spacial score (nSPS) is 23.4. The van der Waals surface area contributed by atoms with Gasteiger partial charge in [-0.1, -0.05) is 48.5 Å². The summed E-state index contributed by atoms with van der Waals surface area (Å²) in [5.74, 6) is 2.55. The molecular formula is C24H27N3O2S2. The van der Waals surface area contributed by atoms with Crippen molar-refractivity contribution in [2.24, 2.45) is 17.8 Å². The van der Waals surface area contributed by atoms with Crippen LogP contribution in [0.5, 0.6) is 0 Å². The second kappa shape index (κ2) is 8.43. The van der Waals surface area contributed by atoms with Gasteiger partial charge in [0.1, 0.15) is 4.83 Å². The molecule has 2 bridgehead atoms. The van der Waals surface area contributed by atoms with Gasteiger partial charge in [0.25, 0.3) is 5.56 Å². The van der Waals surface area contributed by atoms with Crippen LogP contribution in [0.4, 0.5) is 0 Å². The van der Waals surface area contributed by atoms with Crippen LogP contribution in [0.2, 0.25) is 0 Å². The summed E-state index contributed by atoms with van der Waals surface area (Å²) in [6, 6.07) is 10.1. The Labute approximate surface area is 190 Å². The maximum atomic E-state index is 12.9. The van der Waals surface area contributed by atoms with Gasteiger partial charge in [0.2, 0.25) is 5.91 Å².